The minimum Gasteiger partial charge on any atom is -0.497 e. The van der Waals surface area contributed by atoms with Gasteiger partial charge in [-0.05, 0) is 29.8 Å². The number of nitrogens with zero attached hydrogens (tertiary/aromatic N) is 1. The van der Waals surface area contributed by atoms with Crippen molar-refractivity contribution in [1.82, 2.24) is 0 Å². The Bertz CT molecular complexity index is 612. The summed E-state index contributed by atoms with van der Waals surface area (Å²) in [6.07, 6.45) is 0. The quantitative estimate of drug-likeness (QED) is 0.855. The first-order valence-electron chi connectivity index (χ1n) is 6.50. The summed E-state index contributed by atoms with van der Waals surface area (Å²) in [5.74, 6) is 2.49. The van der Waals surface area contributed by atoms with E-state index in [2.05, 4.69) is 18.0 Å². The highest BCUT2D eigenvalue weighted by molar-refractivity contribution is 5.57. The number of anilines is 1. The van der Waals surface area contributed by atoms with E-state index >= 15 is 0 Å². The molecule has 2 aromatic carbocycles. The topological polar surface area (TPSA) is 30.9 Å². The number of rotatable bonds is 4. The van der Waals surface area contributed by atoms with Crippen LogP contribution in [0, 0.1) is 0 Å². The van der Waals surface area contributed by atoms with E-state index in [4.69, 9.17) is 14.2 Å². The third-order valence-corrected chi connectivity index (χ3v) is 3.35. The van der Waals surface area contributed by atoms with Crippen LogP contribution in [-0.2, 0) is 6.54 Å². The monoisotopic (exact) mass is 271 g/mol. The highest BCUT2D eigenvalue weighted by Gasteiger charge is 2.14. The van der Waals surface area contributed by atoms with Gasteiger partial charge in [0.2, 0.25) is 6.79 Å². The molecule has 104 valence electrons. The van der Waals surface area contributed by atoms with Crippen LogP contribution in [-0.4, -0.2) is 21.0 Å². The number of methoxy groups -OCH3 is 1. The zero-order valence-corrected chi connectivity index (χ0v) is 11.6. The molecule has 4 nitrogen and oxygen atoms in total. The zero-order valence-electron chi connectivity index (χ0n) is 11.6. The SMILES string of the molecule is COc1cccc(CN(C)c2ccc3c(c2)OCO3)c1. The fourth-order valence-corrected chi connectivity index (χ4v) is 2.26. The Morgan fingerprint density at radius 1 is 1.10 bits per heavy atom. The van der Waals surface area contributed by atoms with Crippen LogP contribution in [0.4, 0.5) is 5.69 Å². The third kappa shape index (κ3) is 2.50. The second kappa shape index (κ2) is 5.33. The van der Waals surface area contributed by atoms with Gasteiger partial charge in [0.05, 0.1) is 7.11 Å². The summed E-state index contributed by atoms with van der Waals surface area (Å²) in [5, 5.41) is 0. The molecule has 0 saturated heterocycles. The summed E-state index contributed by atoms with van der Waals surface area (Å²) in [5.41, 5.74) is 2.29. The summed E-state index contributed by atoms with van der Waals surface area (Å²) in [6.45, 7) is 1.11. The smallest absolute Gasteiger partial charge is 0.231 e. The molecule has 0 bridgehead atoms. The molecule has 0 atom stereocenters. The van der Waals surface area contributed by atoms with Gasteiger partial charge in [0.1, 0.15) is 5.75 Å². The Morgan fingerprint density at radius 2 is 1.95 bits per heavy atom. The van der Waals surface area contributed by atoms with Crippen LogP contribution in [0.2, 0.25) is 0 Å². The molecule has 3 rings (SSSR count). The molecule has 1 aliphatic heterocycles. The van der Waals surface area contributed by atoms with Crippen molar-refractivity contribution in [1.29, 1.82) is 0 Å². The fourth-order valence-electron chi connectivity index (χ4n) is 2.26. The Morgan fingerprint density at radius 3 is 2.80 bits per heavy atom. The Labute approximate surface area is 118 Å². The van der Waals surface area contributed by atoms with Gasteiger partial charge in [-0.25, -0.2) is 0 Å². The Balaban J connectivity index is 1.77. The molecule has 4 heteroatoms. The van der Waals surface area contributed by atoms with Crippen molar-refractivity contribution in [3.05, 3.63) is 48.0 Å². The van der Waals surface area contributed by atoms with Gasteiger partial charge in [-0.15, -0.1) is 0 Å². The van der Waals surface area contributed by atoms with Crippen molar-refractivity contribution in [2.75, 3.05) is 25.9 Å². The molecule has 20 heavy (non-hydrogen) atoms. The minimum atomic E-state index is 0.304. The van der Waals surface area contributed by atoms with Crippen molar-refractivity contribution in [2.24, 2.45) is 0 Å². The molecule has 0 saturated carbocycles. The summed E-state index contributed by atoms with van der Waals surface area (Å²) in [6, 6.07) is 14.1. The van der Waals surface area contributed by atoms with Crippen LogP contribution < -0.4 is 19.1 Å². The average Bonchev–Trinajstić information content (AvgIpc) is 2.94. The molecule has 1 heterocycles. The van der Waals surface area contributed by atoms with E-state index in [0.717, 1.165) is 29.5 Å². The molecule has 0 spiro atoms. The van der Waals surface area contributed by atoms with Gasteiger partial charge < -0.3 is 19.1 Å². The van der Waals surface area contributed by atoms with Gasteiger partial charge in [0.15, 0.2) is 11.5 Å². The van der Waals surface area contributed by atoms with E-state index < -0.39 is 0 Å². The lowest BCUT2D eigenvalue weighted by atomic mass is 10.2. The molecule has 0 fully saturated rings. The van der Waals surface area contributed by atoms with Crippen LogP contribution in [0.5, 0.6) is 17.2 Å². The Kier molecular flexibility index (Phi) is 3.37. The molecular weight excluding hydrogens is 254 g/mol. The first-order chi connectivity index (χ1) is 9.76. The highest BCUT2D eigenvalue weighted by Crippen LogP contribution is 2.35. The van der Waals surface area contributed by atoms with E-state index in [0.29, 0.717) is 6.79 Å². The van der Waals surface area contributed by atoms with E-state index in [1.54, 1.807) is 7.11 Å². The van der Waals surface area contributed by atoms with Crippen LogP contribution in [0.3, 0.4) is 0 Å². The first kappa shape index (κ1) is 12.7. The molecule has 0 amide bonds. The van der Waals surface area contributed by atoms with Crippen molar-refractivity contribution < 1.29 is 14.2 Å². The molecule has 1 aliphatic rings. The lowest BCUT2D eigenvalue weighted by Gasteiger charge is -2.20. The van der Waals surface area contributed by atoms with Crippen LogP contribution in [0.15, 0.2) is 42.5 Å². The first-order valence-corrected chi connectivity index (χ1v) is 6.50. The van der Waals surface area contributed by atoms with Gasteiger partial charge in [-0.2, -0.15) is 0 Å². The number of hydrogen-bond donors (Lipinski definition) is 0. The third-order valence-electron chi connectivity index (χ3n) is 3.35. The number of hydrogen-bond acceptors (Lipinski definition) is 4. The number of benzene rings is 2. The summed E-state index contributed by atoms with van der Waals surface area (Å²) in [4.78, 5) is 2.16. The fraction of sp³-hybridized carbons (Fsp3) is 0.250. The van der Waals surface area contributed by atoms with Crippen molar-refractivity contribution in [2.45, 2.75) is 6.54 Å². The zero-order chi connectivity index (χ0) is 13.9. The molecule has 0 aromatic heterocycles. The minimum absolute atomic E-state index is 0.304. The van der Waals surface area contributed by atoms with Gasteiger partial charge in [0, 0.05) is 25.3 Å². The van der Waals surface area contributed by atoms with E-state index in [9.17, 15) is 0 Å². The van der Waals surface area contributed by atoms with Crippen LogP contribution >= 0.6 is 0 Å². The predicted octanol–water partition coefficient (Wildman–Crippen LogP) is 3.06. The van der Waals surface area contributed by atoms with E-state index in [1.807, 2.05) is 36.4 Å². The number of fused-ring (bicyclic) bond motifs is 1. The second-order valence-electron chi connectivity index (χ2n) is 4.75. The maximum atomic E-state index is 5.41. The standard InChI is InChI=1S/C16H17NO3/c1-17(10-12-4-3-5-14(8-12)18-2)13-6-7-15-16(9-13)20-11-19-15/h3-9H,10-11H2,1-2H3. The van der Waals surface area contributed by atoms with Crippen molar-refractivity contribution in [3.8, 4) is 17.2 Å². The van der Waals surface area contributed by atoms with Crippen molar-refractivity contribution >= 4 is 5.69 Å². The van der Waals surface area contributed by atoms with Gasteiger partial charge >= 0.3 is 0 Å². The van der Waals surface area contributed by atoms with Crippen LogP contribution in [0.1, 0.15) is 5.56 Å². The molecule has 2 aromatic rings. The summed E-state index contributed by atoms with van der Waals surface area (Å²) < 4.78 is 16.0. The highest BCUT2D eigenvalue weighted by atomic mass is 16.7. The van der Waals surface area contributed by atoms with Gasteiger partial charge in [0.25, 0.3) is 0 Å². The summed E-state index contributed by atoms with van der Waals surface area (Å²) >= 11 is 0. The Hall–Kier alpha value is -2.36. The van der Waals surface area contributed by atoms with Crippen LogP contribution in [0.25, 0.3) is 0 Å². The largest absolute Gasteiger partial charge is 0.497 e. The second-order valence-corrected chi connectivity index (χ2v) is 4.75. The molecule has 0 N–H and O–H groups in total. The average molecular weight is 271 g/mol. The molecule has 0 radical (unpaired) electrons. The predicted molar refractivity (Wildman–Crippen MR) is 77.7 cm³/mol. The van der Waals surface area contributed by atoms with Crippen molar-refractivity contribution in [3.63, 3.8) is 0 Å². The maximum Gasteiger partial charge on any atom is 0.231 e. The summed E-state index contributed by atoms with van der Waals surface area (Å²) in [7, 11) is 3.73. The lowest BCUT2D eigenvalue weighted by Crippen LogP contribution is -2.16. The van der Waals surface area contributed by atoms with E-state index in [1.165, 1.54) is 5.56 Å². The van der Waals surface area contributed by atoms with E-state index in [-0.39, 0.29) is 0 Å². The number of ether oxygens (including phenoxy) is 3. The van der Waals surface area contributed by atoms with Gasteiger partial charge in [-0.1, -0.05) is 12.1 Å². The molecule has 0 aliphatic carbocycles. The molecular formula is C16H17NO3. The lowest BCUT2D eigenvalue weighted by molar-refractivity contribution is 0.174. The normalized spacial score (nSPS) is 12.3. The van der Waals surface area contributed by atoms with Gasteiger partial charge in [-0.3, -0.25) is 0 Å². The molecule has 0 unspecified atom stereocenters. The maximum absolute atomic E-state index is 5.41.